The van der Waals surface area contributed by atoms with Crippen LogP contribution in [0.1, 0.15) is 57.4 Å². The van der Waals surface area contributed by atoms with Crippen molar-refractivity contribution in [1.82, 2.24) is 19.9 Å². The molecule has 1 aromatic rings. The molecule has 0 radical (unpaired) electrons. The second-order valence-electron chi connectivity index (χ2n) is 5.21. The highest BCUT2D eigenvalue weighted by Gasteiger charge is 2.24. The molecule has 106 valence electrons. The third-order valence-electron chi connectivity index (χ3n) is 3.63. The number of hydrogen-bond acceptors (Lipinski definition) is 4. The van der Waals surface area contributed by atoms with Crippen molar-refractivity contribution in [2.24, 2.45) is 0 Å². The molecule has 1 saturated heterocycles. The van der Waals surface area contributed by atoms with Gasteiger partial charge in [0.25, 0.3) is 0 Å². The van der Waals surface area contributed by atoms with Crippen LogP contribution in [-0.4, -0.2) is 44.0 Å². The fourth-order valence-corrected chi connectivity index (χ4v) is 2.34. The van der Waals surface area contributed by atoms with E-state index < -0.39 is 6.10 Å². The van der Waals surface area contributed by atoms with Crippen molar-refractivity contribution in [1.29, 1.82) is 0 Å². The molecular formula is C13H22N4O2. The van der Waals surface area contributed by atoms with E-state index in [0.717, 1.165) is 25.9 Å². The molecule has 6 heteroatoms. The van der Waals surface area contributed by atoms with E-state index in [0.29, 0.717) is 5.69 Å². The fraction of sp³-hybridized carbons (Fsp3) is 0.769. The van der Waals surface area contributed by atoms with Gasteiger partial charge in [-0.2, -0.15) is 0 Å². The largest absolute Gasteiger partial charge is 0.387 e. The van der Waals surface area contributed by atoms with Crippen molar-refractivity contribution in [3.63, 3.8) is 0 Å². The van der Waals surface area contributed by atoms with Gasteiger partial charge in [0.2, 0.25) is 5.91 Å². The predicted molar refractivity (Wildman–Crippen MR) is 70.4 cm³/mol. The van der Waals surface area contributed by atoms with Crippen molar-refractivity contribution in [2.75, 3.05) is 13.1 Å². The summed E-state index contributed by atoms with van der Waals surface area (Å²) < 4.78 is 1.54. The lowest BCUT2D eigenvalue weighted by molar-refractivity contribution is -0.134. The molecule has 1 aromatic heterocycles. The average molecular weight is 266 g/mol. The maximum Gasteiger partial charge on any atom is 0.247 e. The maximum absolute atomic E-state index is 12.4. The zero-order valence-electron chi connectivity index (χ0n) is 11.6. The van der Waals surface area contributed by atoms with Gasteiger partial charge < -0.3 is 10.0 Å². The van der Waals surface area contributed by atoms with Gasteiger partial charge in [-0.3, -0.25) is 4.79 Å². The predicted octanol–water partition coefficient (Wildman–Crippen LogP) is 1.29. The lowest BCUT2D eigenvalue weighted by atomic mass is 10.2. The number of nitrogens with zero attached hydrogens (tertiary/aromatic N) is 4. The molecule has 0 bridgehead atoms. The van der Waals surface area contributed by atoms with Crippen molar-refractivity contribution >= 4 is 5.91 Å². The summed E-state index contributed by atoms with van der Waals surface area (Å²) in [6.07, 6.45) is 5.55. The molecule has 2 atom stereocenters. The summed E-state index contributed by atoms with van der Waals surface area (Å²) in [4.78, 5) is 14.3. The molecule has 1 amide bonds. The van der Waals surface area contributed by atoms with Gasteiger partial charge in [-0.15, -0.1) is 5.10 Å². The number of aromatic nitrogens is 3. The first-order valence-corrected chi connectivity index (χ1v) is 6.98. The van der Waals surface area contributed by atoms with Crippen LogP contribution in [0.3, 0.4) is 0 Å². The molecule has 0 aromatic carbocycles. The van der Waals surface area contributed by atoms with Gasteiger partial charge >= 0.3 is 0 Å². The number of aliphatic hydroxyl groups is 1. The van der Waals surface area contributed by atoms with Crippen molar-refractivity contribution < 1.29 is 9.90 Å². The smallest absolute Gasteiger partial charge is 0.247 e. The summed E-state index contributed by atoms with van der Waals surface area (Å²) in [7, 11) is 0. The van der Waals surface area contributed by atoms with E-state index >= 15 is 0 Å². The van der Waals surface area contributed by atoms with Gasteiger partial charge in [0.15, 0.2) is 0 Å². The van der Waals surface area contributed by atoms with Crippen molar-refractivity contribution in [3.05, 3.63) is 11.9 Å². The quantitative estimate of drug-likeness (QED) is 0.895. The zero-order chi connectivity index (χ0) is 13.8. The Kier molecular flexibility index (Phi) is 4.52. The van der Waals surface area contributed by atoms with Crippen LogP contribution in [-0.2, 0) is 4.79 Å². The Morgan fingerprint density at radius 1 is 1.26 bits per heavy atom. The van der Waals surface area contributed by atoms with Gasteiger partial charge in [-0.25, -0.2) is 4.68 Å². The third kappa shape index (κ3) is 3.32. The van der Waals surface area contributed by atoms with Crippen LogP contribution >= 0.6 is 0 Å². The minimum Gasteiger partial charge on any atom is -0.387 e. The van der Waals surface area contributed by atoms with Crippen LogP contribution in [0.25, 0.3) is 0 Å². The molecule has 1 aliphatic heterocycles. The molecule has 1 fully saturated rings. The Bertz CT molecular complexity index is 422. The van der Waals surface area contributed by atoms with E-state index in [9.17, 15) is 9.90 Å². The zero-order valence-corrected chi connectivity index (χ0v) is 11.6. The standard InChI is InChI=1S/C13H22N4O2/c1-10(17-9-12(11(2)18)14-15-17)13(19)16-7-5-3-4-6-8-16/h9-11,18H,3-8H2,1-2H3. The molecule has 0 saturated carbocycles. The van der Waals surface area contributed by atoms with Crippen molar-refractivity contribution in [2.45, 2.75) is 51.7 Å². The molecule has 1 N–H and O–H groups in total. The summed E-state index contributed by atoms with van der Waals surface area (Å²) in [5.41, 5.74) is 0.496. The summed E-state index contributed by atoms with van der Waals surface area (Å²) in [6.45, 7) is 5.13. The highest BCUT2D eigenvalue weighted by molar-refractivity contribution is 5.80. The van der Waals surface area contributed by atoms with Gasteiger partial charge in [-0.05, 0) is 26.7 Å². The summed E-state index contributed by atoms with van der Waals surface area (Å²) in [5, 5.41) is 17.2. The number of rotatable bonds is 3. The number of hydrogen-bond donors (Lipinski definition) is 1. The number of carbonyl (C=O) groups excluding carboxylic acids is 1. The number of aliphatic hydroxyl groups excluding tert-OH is 1. The van der Waals surface area contributed by atoms with E-state index in [-0.39, 0.29) is 11.9 Å². The molecule has 6 nitrogen and oxygen atoms in total. The van der Waals surface area contributed by atoms with Crippen LogP contribution in [0, 0.1) is 0 Å². The van der Waals surface area contributed by atoms with E-state index in [2.05, 4.69) is 10.3 Å². The minimum atomic E-state index is -0.658. The Morgan fingerprint density at radius 3 is 2.42 bits per heavy atom. The third-order valence-corrected chi connectivity index (χ3v) is 3.63. The maximum atomic E-state index is 12.4. The van der Waals surface area contributed by atoms with Gasteiger partial charge in [-0.1, -0.05) is 18.1 Å². The first-order valence-electron chi connectivity index (χ1n) is 6.98. The van der Waals surface area contributed by atoms with Crippen LogP contribution in [0.15, 0.2) is 6.20 Å². The van der Waals surface area contributed by atoms with Gasteiger partial charge in [0.1, 0.15) is 11.7 Å². The van der Waals surface area contributed by atoms with E-state index in [1.165, 1.54) is 17.5 Å². The molecule has 2 unspecified atom stereocenters. The van der Waals surface area contributed by atoms with Gasteiger partial charge in [0, 0.05) is 13.1 Å². The van der Waals surface area contributed by atoms with Crippen LogP contribution in [0.4, 0.5) is 0 Å². The molecule has 2 heterocycles. The second kappa shape index (κ2) is 6.14. The number of likely N-dealkylation sites (tertiary alicyclic amines) is 1. The molecule has 2 rings (SSSR count). The lowest BCUT2D eigenvalue weighted by Gasteiger charge is -2.23. The Morgan fingerprint density at radius 2 is 1.89 bits per heavy atom. The highest BCUT2D eigenvalue weighted by Crippen LogP contribution is 2.16. The molecule has 1 aliphatic rings. The second-order valence-corrected chi connectivity index (χ2v) is 5.21. The normalized spacial score (nSPS) is 19.8. The minimum absolute atomic E-state index is 0.0870. The van der Waals surface area contributed by atoms with Crippen LogP contribution < -0.4 is 0 Å². The molecule has 19 heavy (non-hydrogen) atoms. The fourth-order valence-electron chi connectivity index (χ4n) is 2.34. The van der Waals surface area contributed by atoms with Crippen LogP contribution in [0.5, 0.6) is 0 Å². The summed E-state index contributed by atoms with van der Waals surface area (Å²) in [6, 6.07) is -0.363. The first-order chi connectivity index (χ1) is 9.09. The lowest BCUT2D eigenvalue weighted by Crippen LogP contribution is -2.37. The highest BCUT2D eigenvalue weighted by atomic mass is 16.3. The van der Waals surface area contributed by atoms with Crippen molar-refractivity contribution in [3.8, 4) is 0 Å². The molecule has 0 aliphatic carbocycles. The average Bonchev–Trinajstić information content (AvgIpc) is 2.73. The monoisotopic (exact) mass is 266 g/mol. The Hall–Kier alpha value is -1.43. The summed E-state index contributed by atoms with van der Waals surface area (Å²) in [5.74, 6) is 0.0870. The number of carbonyl (C=O) groups is 1. The molecular weight excluding hydrogens is 244 g/mol. The molecule has 0 spiro atoms. The Balaban J connectivity index is 2.04. The first kappa shape index (κ1) is 14.0. The topological polar surface area (TPSA) is 71.2 Å². The summed E-state index contributed by atoms with van der Waals surface area (Å²) >= 11 is 0. The van der Waals surface area contributed by atoms with E-state index in [4.69, 9.17) is 0 Å². The SMILES string of the molecule is CC(O)c1cn(C(C)C(=O)N2CCCCCC2)nn1. The van der Waals surface area contributed by atoms with E-state index in [1.807, 2.05) is 11.8 Å². The van der Waals surface area contributed by atoms with E-state index in [1.54, 1.807) is 13.1 Å². The Labute approximate surface area is 113 Å². The van der Waals surface area contributed by atoms with Crippen LogP contribution in [0.2, 0.25) is 0 Å². The number of amides is 1. The van der Waals surface area contributed by atoms with Gasteiger partial charge in [0.05, 0.1) is 12.3 Å².